The molecule has 4 nitrogen and oxygen atoms in total. The highest BCUT2D eigenvalue weighted by Gasteiger charge is 2.20. The molecule has 0 aliphatic rings. The van der Waals surface area contributed by atoms with Crippen molar-refractivity contribution in [3.05, 3.63) is 235 Å². The maximum absolute atomic E-state index is 9.31. The zero-order chi connectivity index (χ0) is 50.9. The van der Waals surface area contributed by atoms with Crippen molar-refractivity contribution in [2.45, 2.75) is 0 Å². The summed E-state index contributed by atoms with van der Waals surface area (Å²) in [5.74, 6) is 0. The van der Waals surface area contributed by atoms with E-state index in [4.69, 9.17) is 9.97 Å². The molecule has 0 aliphatic carbocycles. The molecule has 2 N–H and O–H groups in total. The number of nitrogens with zero attached hydrogens (tertiary/aromatic N) is 2. The summed E-state index contributed by atoms with van der Waals surface area (Å²) < 4.78 is 11.1. The van der Waals surface area contributed by atoms with Crippen LogP contribution in [0.2, 0.25) is 0 Å². The Morgan fingerprint density at radius 2 is 0.724 bits per heavy atom. The van der Waals surface area contributed by atoms with Crippen molar-refractivity contribution in [3.8, 4) is 33.6 Å². The standard InChI is InChI=1S/C33H19NS2.C21H12BrNS.C12H9BO2S/c1-4-16-27-25(12-1)33-30(26-13-3-6-18-29(26)36-33)31(34-27)21-10-7-9-20(19-21)22-14-8-15-24-23-11-2-5-17-28(23)35-32(22)24;22-14-7-5-6-13(12-14)20-19-16-9-2-4-11-18(16)24-21(19)15-8-1-3-10-17(15)23-20;14-13(15)10-6-3-5-9-8-4-1-2-7-11(8)16-12(9)10/h1-19H;1-12H;1-7,14-15H. The first kappa shape index (κ1) is 46.9. The van der Waals surface area contributed by atoms with Crippen LogP contribution in [0.25, 0.3) is 136 Å². The number of fused-ring (bicyclic) bond motifs is 16. The Balaban J connectivity index is 0.000000114. The largest absolute Gasteiger partial charge is 0.489 e. The van der Waals surface area contributed by atoms with Gasteiger partial charge in [-0.15, -0.1) is 45.3 Å². The van der Waals surface area contributed by atoms with Crippen LogP contribution in [0.3, 0.4) is 0 Å². The molecule has 16 rings (SSSR count). The van der Waals surface area contributed by atoms with Gasteiger partial charge in [0.2, 0.25) is 0 Å². The second-order valence-corrected chi connectivity index (χ2v) is 23.8. The average molecular weight is 1110 g/mol. The topological polar surface area (TPSA) is 66.2 Å². The Hall–Kier alpha value is -7.64. The lowest BCUT2D eigenvalue weighted by molar-refractivity contribution is 0.426. The number of aromatic nitrogens is 2. The molecule has 6 heterocycles. The van der Waals surface area contributed by atoms with Crippen LogP contribution in [-0.2, 0) is 0 Å². The van der Waals surface area contributed by atoms with Gasteiger partial charge in [0.25, 0.3) is 0 Å². The fourth-order valence-electron chi connectivity index (χ4n) is 10.7. The lowest BCUT2D eigenvalue weighted by atomic mass is 9.80. The molecule has 10 aromatic carbocycles. The number of halogens is 1. The number of benzene rings is 10. The number of hydrogen-bond acceptors (Lipinski definition) is 8. The number of hydrogen-bond donors (Lipinski definition) is 2. The molecule has 0 aliphatic heterocycles. The van der Waals surface area contributed by atoms with E-state index < -0.39 is 7.12 Å². The molecule has 360 valence electrons. The van der Waals surface area contributed by atoms with E-state index in [2.05, 4.69) is 204 Å². The van der Waals surface area contributed by atoms with Gasteiger partial charge in [-0.05, 0) is 76.6 Å². The maximum Gasteiger partial charge on any atom is 0.489 e. The number of rotatable bonds is 4. The normalized spacial score (nSPS) is 11.6. The van der Waals surface area contributed by atoms with Crippen molar-refractivity contribution in [1.82, 2.24) is 9.97 Å². The molecular formula is C66H40BBrN2O2S4. The molecule has 0 atom stereocenters. The molecule has 6 aromatic heterocycles. The minimum atomic E-state index is -1.41. The highest BCUT2D eigenvalue weighted by atomic mass is 79.9. The zero-order valence-electron chi connectivity index (χ0n) is 40.3. The van der Waals surface area contributed by atoms with Crippen LogP contribution < -0.4 is 5.46 Å². The van der Waals surface area contributed by atoms with E-state index in [1.54, 1.807) is 17.4 Å². The van der Waals surface area contributed by atoms with Crippen LogP contribution in [0.5, 0.6) is 0 Å². The van der Waals surface area contributed by atoms with E-state index in [0.29, 0.717) is 5.46 Å². The van der Waals surface area contributed by atoms with E-state index in [-0.39, 0.29) is 0 Å². The Kier molecular flexibility index (Phi) is 12.0. The smallest absolute Gasteiger partial charge is 0.423 e. The molecule has 0 radical (unpaired) electrons. The Morgan fingerprint density at radius 1 is 0.329 bits per heavy atom. The first-order valence-corrected chi connectivity index (χ1v) is 28.9. The van der Waals surface area contributed by atoms with Gasteiger partial charge in [0.1, 0.15) is 0 Å². The maximum atomic E-state index is 9.31. The van der Waals surface area contributed by atoms with Crippen LogP contribution in [0, 0.1) is 0 Å². The Labute approximate surface area is 461 Å². The minimum absolute atomic E-state index is 0.582. The Bertz CT molecular complexity index is 4920. The second kappa shape index (κ2) is 19.5. The summed E-state index contributed by atoms with van der Waals surface area (Å²) in [5.41, 5.74) is 9.60. The number of pyridine rings is 2. The van der Waals surface area contributed by atoms with Crippen molar-refractivity contribution in [2.75, 3.05) is 0 Å². The van der Waals surface area contributed by atoms with Crippen molar-refractivity contribution >= 4 is 176 Å². The average Bonchev–Trinajstić information content (AvgIpc) is 4.27. The van der Waals surface area contributed by atoms with Crippen molar-refractivity contribution in [1.29, 1.82) is 0 Å². The highest BCUT2D eigenvalue weighted by Crippen LogP contribution is 2.46. The lowest BCUT2D eigenvalue weighted by Gasteiger charge is -2.10. The molecule has 0 spiro atoms. The molecule has 0 bridgehead atoms. The summed E-state index contributed by atoms with van der Waals surface area (Å²) in [5, 5.41) is 31.1. The minimum Gasteiger partial charge on any atom is -0.423 e. The first-order valence-electron chi connectivity index (χ1n) is 24.9. The third kappa shape index (κ3) is 8.16. The molecular weight excluding hydrogens is 1070 g/mol. The molecule has 0 amide bonds. The molecule has 0 fully saturated rings. The van der Waals surface area contributed by atoms with Crippen molar-refractivity contribution in [2.24, 2.45) is 0 Å². The van der Waals surface area contributed by atoms with E-state index >= 15 is 0 Å². The van der Waals surface area contributed by atoms with Crippen LogP contribution in [0.4, 0.5) is 0 Å². The van der Waals surface area contributed by atoms with E-state index in [9.17, 15) is 10.0 Å². The Morgan fingerprint density at radius 3 is 1.28 bits per heavy atom. The van der Waals surface area contributed by atoms with Gasteiger partial charge in [0.15, 0.2) is 0 Å². The van der Waals surface area contributed by atoms with Crippen LogP contribution in [0.1, 0.15) is 0 Å². The summed E-state index contributed by atoms with van der Waals surface area (Å²) in [6.07, 6.45) is 0. The summed E-state index contributed by atoms with van der Waals surface area (Å²) in [7, 11) is -1.41. The van der Waals surface area contributed by atoms with Crippen LogP contribution in [-0.4, -0.2) is 27.1 Å². The van der Waals surface area contributed by atoms with E-state index in [1.807, 2.05) is 70.4 Å². The highest BCUT2D eigenvalue weighted by molar-refractivity contribution is 9.10. The van der Waals surface area contributed by atoms with E-state index in [1.165, 1.54) is 92.5 Å². The van der Waals surface area contributed by atoms with Gasteiger partial charge in [-0.25, -0.2) is 9.97 Å². The predicted octanol–water partition coefficient (Wildman–Crippen LogP) is 19.1. The first-order chi connectivity index (χ1) is 37.4. The van der Waals surface area contributed by atoms with Gasteiger partial charge < -0.3 is 10.0 Å². The SMILES string of the molecule is Brc1cccc(-c2nc3ccccc3c3sc4ccccc4c23)c1.OB(O)c1cccc2c1sc1ccccc12.c1cc(-c2cccc3c2sc2ccccc23)cc(-c2nc3ccccc3c3sc4ccccc4c23)c1. The number of para-hydroxylation sites is 2. The monoisotopic (exact) mass is 1110 g/mol. The summed E-state index contributed by atoms with van der Waals surface area (Å²) >= 11 is 10.8. The molecule has 76 heavy (non-hydrogen) atoms. The van der Waals surface area contributed by atoms with Crippen molar-refractivity contribution < 1.29 is 10.0 Å². The van der Waals surface area contributed by atoms with Gasteiger partial charge in [0, 0.05) is 102 Å². The third-order valence-electron chi connectivity index (χ3n) is 14.1. The van der Waals surface area contributed by atoms with Gasteiger partial charge in [0.05, 0.1) is 22.4 Å². The van der Waals surface area contributed by atoms with Gasteiger partial charge >= 0.3 is 7.12 Å². The third-order valence-corrected chi connectivity index (χ3v) is 19.4. The van der Waals surface area contributed by atoms with Gasteiger partial charge in [-0.3, -0.25) is 0 Å². The van der Waals surface area contributed by atoms with Gasteiger partial charge in [-0.2, -0.15) is 0 Å². The van der Waals surface area contributed by atoms with Crippen molar-refractivity contribution in [3.63, 3.8) is 0 Å². The quantitative estimate of drug-likeness (QED) is 0.172. The fourth-order valence-corrected chi connectivity index (χ4v) is 16.0. The summed E-state index contributed by atoms with van der Waals surface area (Å²) in [4.78, 5) is 10.3. The van der Waals surface area contributed by atoms with Gasteiger partial charge in [-0.1, -0.05) is 192 Å². The summed E-state index contributed by atoms with van der Waals surface area (Å²) in [6, 6.07) is 80.7. The molecule has 16 aromatic rings. The fraction of sp³-hybridized carbons (Fsp3) is 0. The number of thiophene rings is 4. The zero-order valence-corrected chi connectivity index (χ0v) is 45.2. The second-order valence-electron chi connectivity index (χ2n) is 18.6. The lowest BCUT2D eigenvalue weighted by Crippen LogP contribution is -2.29. The predicted molar refractivity (Wildman–Crippen MR) is 335 cm³/mol. The van der Waals surface area contributed by atoms with Crippen LogP contribution in [0.15, 0.2) is 235 Å². The van der Waals surface area contributed by atoms with E-state index in [0.717, 1.165) is 48.1 Å². The summed E-state index contributed by atoms with van der Waals surface area (Å²) in [6.45, 7) is 0. The van der Waals surface area contributed by atoms with Crippen LogP contribution >= 0.6 is 61.3 Å². The molecule has 0 saturated carbocycles. The molecule has 10 heteroatoms. The molecule has 0 unspecified atom stereocenters. The molecule has 0 saturated heterocycles.